The van der Waals surface area contributed by atoms with E-state index in [0.29, 0.717) is 18.2 Å². The zero-order valence-electron chi connectivity index (χ0n) is 17.2. The van der Waals surface area contributed by atoms with Crippen molar-refractivity contribution in [1.82, 2.24) is 0 Å². The SMILES string of the molecule is COC(=O)C(CC(=O)c1ccc(S(C)(=O)=O)cc1)(C(=O)OC)C(=O)c1cc(F)cc(F)c1. The smallest absolute Gasteiger partial charge is 0.331 e. The Labute approximate surface area is 182 Å². The summed E-state index contributed by atoms with van der Waals surface area (Å²) in [6.45, 7) is 0. The fourth-order valence-corrected chi connectivity index (χ4v) is 3.63. The molecule has 2 rings (SSSR count). The van der Waals surface area contributed by atoms with Crippen molar-refractivity contribution in [2.75, 3.05) is 20.5 Å². The van der Waals surface area contributed by atoms with Crippen molar-refractivity contribution in [2.45, 2.75) is 11.3 Å². The summed E-state index contributed by atoms with van der Waals surface area (Å²) in [7, 11) is -1.85. The second-order valence-electron chi connectivity index (χ2n) is 6.77. The first-order chi connectivity index (χ1) is 14.9. The van der Waals surface area contributed by atoms with Crippen molar-refractivity contribution < 1.29 is 45.9 Å². The van der Waals surface area contributed by atoms with Crippen LogP contribution in [0.4, 0.5) is 8.78 Å². The summed E-state index contributed by atoms with van der Waals surface area (Å²) in [5.41, 5.74) is -3.72. The third-order valence-electron chi connectivity index (χ3n) is 4.61. The maximum absolute atomic E-state index is 13.7. The predicted octanol–water partition coefficient (Wildman–Crippen LogP) is 2.16. The topological polar surface area (TPSA) is 121 Å². The molecule has 0 atom stereocenters. The van der Waals surface area contributed by atoms with Crippen LogP contribution in [0, 0.1) is 17.0 Å². The normalized spacial score (nSPS) is 11.5. The van der Waals surface area contributed by atoms with Gasteiger partial charge in [-0.2, -0.15) is 0 Å². The number of esters is 2. The largest absolute Gasteiger partial charge is 0.468 e. The molecule has 0 heterocycles. The van der Waals surface area contributed by atoms with E-state index in [1.54, 1.807) is 0 Å². The number of ketones is 2. The lowest BCUT2D eigenvalue weighted by Crippen LogP contribution is -2.49. The van der Waals surface area contributed by atoms with Gasteiger partial charge in [-0.25, -0.2) is 17.2 Å². The Hall–Kier alpha value is -3.47. The molecule has 11 heteroatoms. The number of Topliss-reactive ketones (excluding diaryl/α,β-unsaturated/α-hetero) is 2. The van der Waals surface area contributed by atoms with Crippen molar-refractivity contribution in [2.24, 2.45) is 5.41 Å². The Morgan fingerprint density at radius 3 is 1.72 bits per heavy atom. The van der Waals surface area contributed by atoms with Crippen LogP contribution in [0.5, 0.6) is 0 Å². The minimum absolute atomic E-state index is 0.0902. The Kier molecular flexibility index (Phi) is 7.24. The summed E-state index contributed by atoms with van der Waals surface area (Å²) in [5, 5.41) is 0. The highest BCUT2D eigenvalue weighted by atomic mass is 32.2. The van der Waals surface area contributed by atoms with Crippen LogP contribution in [-0.4, -0.2) is 52.4 Å². The van der Waals surface area contributed by atoms with Gasteiger partial charge in [-0.15, -0.1) is 0 Å². The predicted molar refractivity (Wildman–Crippen MR) is 106 cm³/mol. The van der Waals surface area contributed by atoms with Gasteiger partial charge in [0, 0.05) is 29.9 Å². The maximum Gasteiger partial charge on any atom is 0.331 e. The summed E-state index contributed by atoms with van der Waals surface area (Å²) in [6.07, 6.45) is -0.137. The molecule has 32 heavy (non-hydrogen) atoms. The molecule has 0 aliphatic heterocycles. The molecule has 0 bridgehead atoms. The minimum Gasteiger partial charge on any atom is -0.468 e. The van der Waals surface area contributed by atoms with Gasteiger partial charge < -0.3 is 9.47 Å². The number of rotatable bonds is 8. The number of halogens is 2. The number of ether oxygens (including phenoxy) is 2. The highest BCUT2D eigenvalue weighted by Gasteiger charge is 2.57. The molecule has 0 aliphatic rings. The average Bonchev–Trinajstić information content (AvgIpc) is 2.74. The highest BCUT2D eigenvalue weighted by molar-refractivity contribution is 7.90. The molecule has 8 nitrogen and oxygen atoms in total. The van der Waals surface area contributed by atoms with Crippen LogP contribution in [0.15, 0.2) is 47.4 Å². The van der Waals surface area contributed by atoms with Gasteiger partial charge in [0.1, 0.15) is 11.6 Å². The van der Waals surface area contributed by atoms with Crippen LogP contribution in [-0.2, 0) is 28.9 Å². The van der Waals surface area contributed by atoms with E-state index >= 15 is 0 Å². The summed E-state index contributed by atoms with van der Waals surface area (Å²) in [4.78, 5) is 51.2. The van der Waals surface area contributed by atoms with Gasteiger partial charge in [0.15, 0.2) is 21.4 Å². The van der Waals surface area contributed by atoms with E-state index < -0.39 is 62.4 Å². The Morgan fingerprint density at radius 1 is 0.844 bits per heavy atom. The van der Waals surface area contributed by atoms with E-state index in [0.717, 1.165) is 44.7 Å². The number of methoxy groups -OCH3 is 2. The number of hydrogen-bond acceptors (Lipinski definition) is 8. The highest BCUT2D eigenvalue weighted by Crippen LogP contribution is 2.33. The molecule has 0 unspecified atom stereocenters. The lowest BCUT2D eigenvalue weighted by atomic mass is 9.75. The third kappa shape index (κ3) is 4.88. The molecule has 0 N–H and O–H groups in total. The first-order valence-electron chi connectivity index (χ1n) is 8.88. The number of benzene rings is 2. The van der Waals surface area contributed by atoms with Gasteiger partial charge in [-0.05, 0) is 24.3 Å². The number of carbonyl (C=O) groups is 4. The molecule has 2 aromatic carbocycles. The van der Waals surface area contributed by atoms with Crippen molar-refractivity contribution >= 4 is 33.3 Å². The summed E-state index contributed by atoms with van der Waals surface area (Å²) in [6, 6.07) is 6.18. The molecule has 170 valence electrons. The van der Waals surface area contributed by atoms with Gasteiger partial charge in [0.2, 0.25) is 5.41 Å². The van der Waals surface area contributed by atoms with E-state index in [4.69, 9.17) is 0 Å². The summed E-state index contributed by atoms with van der Waals surface area (Å²) < 4.78 is 59.6. The summed E-state index contributed by atoms with van der Waals surface area (Å²) >= 11 is 0. The van der Waals surface area contributed by atoms with E-state index in [9.17, 15) is 36.4 Å². The van der Waals surface area contributed by atoms with E-state index in [1.807, 2.05) is 0 Å². The number of sulfone groups is 1. The second-order valence-corrected chi connectivity index (χ2v) is 8.79. The third-order valence-corrected chi connectivity index (χ3v) is 5.74. The van der Waals surface area contributed by atoms with Gasteiger partial charge in [-0.3, -0.25) is 19.2 Å². The molecule has 0 saturated carbocycles. The lowest BCUT2D eigenvalue weighted by molar-refractivity contribution is -0.164. The zero-order chi connectivity index (χ0) is 24.3. The van der Waals surface area contributed by atoms with Gasteiger partial charge in [0.05, 0.1) is 19.1 Å². The van der Waals surface area contributed by atoms with Crippen LogP contribution in [0.1, 0.15) is 27.1 Å². The molecule has 2 aromatic rings. The first-order valence-corrected chi connectivity index (χ1v) is 10.8. The first kappa shape index (κ1) is 24.8. The average molecular weight is 468 g/mol. The molecule has 0 saturated heterocycles. The molecule has 0 fully saturated rings. The Balaban J connectivity index is 2.60. The lowest BCUT2D eigenvalue weighted by Gasteiger charge is -2.26. The molecular formula is C21H18F2O8S. The standard InChI is InChI=1S/C21H18F2O8S/c1-30-19(26)21(20(27)31-2,18(25)13-8-14(22)10-15(23)9-13)11-17(24)12-4-6-16(7-5-12)32(3,28)29/h4-10H,11H2,1-3H3. The fourth-order valence-electron chi connectivity index (χ4n) is 3.00. The zero-order valence-corrected chi connectivity index (χ0v) is 18.0. The van der Waals surface area contributed by atoms with E-state index in [-0.39, 0.29) is 10.5 Å². The van der Waals surface area contributed by atoms with Gasteiger partial charge in [-0.1, -0.05) is 12.1 Å². The van der Waals surface area contributed by atoms with Crippen LogP contribution >= 0.6 is 0 Å². The maximum atomic E-state index is 13.7. The summed E-state index contributed by atoms with van der Waals surface area (Å²) in [5.74, 6) is -7.58. The second kappa shape index (κ2) is 9.35. The molecule has 0 amide bonds. The monoisotopic (exact) mass is 468 g/mol. The molecule has 0 aliphatic carbocycles. The molecule has 0 spiro atoms. The van der Waals surface area contributed by atoms with E-state index in [2.05, 4.69) is 9.47 Å². The number of carbonyl (C=O) groups excluding carboxylic acids is 4. The fraction of sp³-hybridized carbons (Fsp3) is 0.238. The number of hydrogen-bond donors (Lipinski definition) is 0. The van der Waals surface area contributed by atoms with Crippen LogP contribution in [0.2, 0.25) is 0 Å². The molecular weight excluding hydrogens is 450 g/mol. The van der Waals surface area contributed by atoms with Crippen molar-refractivity contribution in [3.63, 3.8) is 0 Å². The van der Waals surface area contributed by atoms with Crippen LogP contribution in [0.3, 0.4) is 0 Å². The van der Waals surface area contributed by atoms with Crippen molar-refractivity contribution in [3.05, 3.63) is 65.2 Å². The van der Waals surface area contributed by atoms with E-state index in [1.165, 1.54) is 0 Å². The Morgan fingerprint density at radius 2 is 1.31 bits per heavy atom. The minimum atomic E-state index is -3.56. The molecule has 0 aromatic heterocycles. The van der Waals surface area contributed by atoms with Crippen molar-refractivity contribution in [3.8, 4) is 0 Å². The van der Waals surface area contributed by atoms with Crippen molar-refractivity contribution in [1.29, 1.82) is 0 Å². The Bertz CT molecular complexity index is 1150. The quantitative estimate of drug-likeness (QED) is 0.328. The van der Waals surface area contributed by atoms with Gasteiger partial charge >= 0.3 is 11.9 Å². The molecule has 0 radical (unpaired) electrons. The van der Waals surface area contributed by atoms with Crippen LogP contribution < -0.4 is 0 Å². The van der Waals surface area contributed by atoms with Crippen LogP contribution in [0.25, 0.3) is 0 Å². The van der Waals surface area contributed by atoms with Gasteiger partial charge in [0.25, 0.3) is 0 Å².